The van der Waals surface area contributed by atoms with Crippen LogP contribution in [-0.2, 0) is 9.53 Å². The third kappa shape index (κ3) is 3.40. The van der Waals surface area contributed by atoms with Crippen LogP contribution < -0.4 is 10.5 Å². The Labute approximate surface area is 99.3 Å². The van der Waals surface area contributed by atoms with Crippen LogP contribution in [0.1, 0.15) is 6.92 Å². The summed E-state index contributed by atoms with van der Waals surface area (Å²) in [6.45, 7) is 1.57. The molecule has 0 fully saturated rings. The number of carbonyl (C=O) groups excluding carboxylic acids is 1. The predicted molar refractivity (Wildman–Crippen MR) is 61.6 cm³/mol. The van der Waals surface area contributed by atoms with E-state index in [-0.39, 0.29) is 6.61 Å². The van der Waals surface area contributed by atoms with Crippen molar-refractivity contribution in [2.24, 2.45) is 5.73 Å². The van der Waals surface area contributed by atoms with Gasteiger partial charge in [-0.3, -0.25) is 0 Å². The second kappa shape index (κ2) is 5.18. The molecular weight excluding hydrogens is 230 g/mol. The number of hydrogen-bond donors (Lipinski definition) is 1. The Morgan fingerprint density at radius 1 is 1.56 bits per heavy atom. The van der Waals surface area contributed by atoms with E-state index in [4.69, 9.17) is 22.1 Å². The summed E-state index contributed by atoms with van der Waals surface area (Å²) in [5, 5.41) is 0.564. The van der Waals surface area contributed by atoms with Gasteiger partial charge in [-0.15, -0.1) is 0 Å². The van der Waals surface area contributed by atoms with Crippen LogP contribution in [0.2, 0.25) is 5.02 Å². The third-order valence-corrected chi connectivity index (χ3v) is 2.22. The number of methoxy groups -OCH3 is 1. The zero-order valence-electron chi connectivity index (χ0n) is 9.20. The number of hydrogen-bond acceptors (Lipinski definition) is 4. The Morgan fingerprint density at radius 2 is 2.25 bits per heavy atom. The minimum absolute atomic E-state index is 0.0278. The van der Waals surface area contributed by atoms with Crippen molar-refractivity contribution in [2.45, 2.75) is 12.5 Å². The molecule has 0 spiro atoms. The molecule has 0 bridgehead atoms. The van der Waals surface area contributed by atoms with E-state index >= 15 is 0 Å². The molecule has 0 aliphatic carbocycles. The maximum atomic E-state index is 11.3. The third-order valence-electron chi connectivity index (χ3n) is 1.99. The smallest absolute Gasteiger partial charge is 0.329 e. The number of carbonyl (C=O) groups is 1. The molecule has 1 unspecified atom stereocenters. The lowest BCUT2D eigenvalue weighted by Crippen LogP contribution is -2.50. The fourth-order valence-corrected chi connectivity index (χ4v) is 1.26. The summed E-state index contributed by atoms with van der Waals surface area (Å²) in [4.78, 5) is 11.3. The number of rotatable bonds is 4. The topological polar surface area (TPSA) is 61.5 Å². The van der Waals surface area contributed by atoms with E-state index in [9.17, 15) is 4.79 Å². The average Bonchev–Trinajstić information content (AvgIpc) is 2.25. The van der Waals surface area contributed by atoms with E-state index in [1.165, 1.54) is 7.11 Å². The maximum absolute atomic E-state index is 11.3. The van der Waals surface area contributed by atoms with E-state index in [2.05, 4.69) is 4.74 Å². The highest BCUT2D eigenvalue weighted by Crippen LogP contribution is 2.18. The van der Waals surface area contributed by atoms with Crippen molar-refractivity contribution in [1.82, 2.24) is 0 Å². The molecule has 1 rings (SSSR count). The summed E-state index contributed by atoms with van der Waals surface area (Å²) in [5.41, 5.74) is 4.55. The fourth-order valence-electron chi connectivity index (χ4n) is 1.08. The zero-order chi connectivity index (χ0) is 12.2. The van der Waals surface area contributed by atoms with Crippen LogP contribution in [0.4, 0.5) is 0 Å². The monoisotopic (exact) mass is 243 g/mol. The predicted octanol–water partition coefficient (Wildman–Crippen LogP) is 1.61. The molecule has 1 aromatic carbocycles. The Hall–Kier alpha value is -1.26. The van der Waals surface area contributed by atoms with Crippen LogP contribution in [-0.4, -0.2) is 25.2 Å². The SMILES string of the molecule is COC(=O)C(C)(N)COc1cccc(Cl)c1. The molecule has 0 saturated carbocycles. The summed E-state index contributed by atoms with van der Waals surface area (Å²) in [7, 11) is 1.28. The van der Waals surface area contributed by atoms with Gasteiger partial charge >= 0.3 is 5.97 Å². The average molecular weight is 244 g/mol. The molecule has 0 radical (unpaired) electrons. The molecule has 0 amide bonds. The lowest BCUT2D eigenvalue weighted by molar-refractivity contribution is -0.147. The minimum Gasteiger partial charge on any atom is -0.491 e. The number of ether oxygens (including phenoxy) is 2. The van der Waals surface area contributed by atoms with Gasteiger partial charge in [0.05, 0.1) is 7.11 Å². The summed E-state index contributed by atoms with van der Waals surface area (Å²) in [6, 6.07) is 6.87. The first-order valence-electron chi connectivity index (χ1n) is 4.71. The number of esters is 1. The van der Waals surface area contributed by atoms with Gasteiger partial charge in [0.1, 0.15) is 17.9 Å². The molecular formula is C11H14ClNO3. The minimum atomic E-state index is -1.17. The van der Waals surface area contributed by atoms with Gasteiger partial charge < -0.3 is 15.2 Å². The highest BCUT2D eigenvalue weighted by Gasteiger charge is 2.30. The summed E-state index contributed by atoms with van der Waals surface area (Å²) >= 11 is 5.78. The second-order valence-electron chi connectivity index (χ2n) is 3.66. The fraction of sp³-hybridized carbons (Fsp3) is 0.364. The van der Waals surface area contributed by atoms with Gasteiger partial charge in [-0.1, -0.05) is 17.7 Å². The summed E-state index contributed by atoms with van der Waals surface area (Å²) in [5.74, 6) is 0.0441. The van der Waals surface area contributed by atoms with Crippen LogP contribution in [0.15, 0.2) is 24.3 Å². The van der Waals surface area contributed by atoms with E-state index in [1.807, 2.05) is 0 Å². The van der Waals surface area contributed by atoms with Crippen LogP contribution in [0.3, 0.4) is 0 Å². The lowest BCUT2D eigenvalue weighted by atomic mass is 10.1. The van der Waals surface area contributed by atoms with Crippen molar-refractivity contribution >= 4 is 17.6 Å². The number of benzene rings is 1. The second-order valence-corrected chi connectivity index (χ2v) is 4.09. The first kappa shape index (κ1) is 12.8. The van der Waals surface area contributed by atoms with Crippen LogP contribution in [0.25, 0.3) is 0 Å². The first-order valence-corrected chi connectivity index (χ1v) is 5.09. The first-order chi connectivity index (χ1) is 7.45. The molecule has 88 valence electrons. The Bertz CT molecular complexity index is 379. The highest BCUT2D eigenvalue weighted by atomic mass is 35.5. The van der Waals surface area contributed by atoms with Crippen molar-refractivity contribution in [3.05, 3.63) is 29.3 Å². The van der Waals surface area contributed by atoms with Gasteiger partial charge in [-0.05, 0) is 25.1 Å². The van der Waals surface area contributed by atoms with Crippen molar-refractivity contribution in [2.75, 3.05) is 13.7 Å². The van der Waals surface area contributed by atoms with Gasteiger partial charge in [-0.2, -0.15) is 0 Å². The molecule has 1 atom stereocenters. The van der Waals surface area contributed by atoms with Gasteiger partial charge in [0, 0.05) is 5.02 Å². The quantitative estimate of drug-likeness (QED) is 0.817. The van der Waals surface area contributed by atoms with E-state index in [0.29, 0.717) is 10.8 Å². The molecule has 2 N–H and O–H groups in total. The van der Waals surface area contributed by atoms with Gasteiger partial charge in [-0.25, -0.2) is 4.79 Å². The summed E-state index contributed by atoms with van der Waals surface area (Å²) in [6.07, 6.45) is 0. The highest BCUT2D eigenvalue weighted by molar-refractivity contribution is 6.30. The van der Waals surface area contributed by atoms with Crippen molar-refractivity contribution in [3.63, 3.8) is 0 Å². The van der Waals surface area contributed by atoms with Crippen LogP contribution >= 0.6 is 11.6 Å². The molecule has 5 heteroatoms. The molecule has 16 heavy (non-hydrogen) atoms. The standard InChI is InChI=1S/C11H14ClNO3/c1-11(13,10(14)15-2)7-16-9-5-3-4-8(12)6-9/h3-6H,7,13H2,1-2H3. The Balaban J connectivity index is 2.61. The van der Waals surface area contributed by atoms with Crippen molar-refractivity contribution in [1.29, 1.82) is 0 Å². The van der Waals surface area contributed by atoms with E-state index in [1.54, 1.807) is 31.2 Å². The molecule has 0 saturated heterocycles. The molecule has 0 heterocycles. The largest absolute Gasteiger partial charge is 0.491 e. The van der Waals surface area contributed by atoms with E-state index in [0.717, 1.165) is 0 Å². The molecule has 0 aromatic heterocycles. The lowest BCUT2D eigenvalue weighted by Gasteiger charge is -2.21. The van der Waals surface area contributed by atoms with Crippen LogP contribution in [0, 0.1) is 0 Å². The Morgan fingerprint density at radius 3 is 2.81 bits per heavy atom. The zero-order valence-corrected chi connectivity index (χ0v) is 9.95. The van der Waals surface area contributed by atoms with Gasteiger partial charge in [0.2, 0.25) is 0 Å². The molecule has 0 aliphatic heterocycles. The summed E-state index contributed by atoms with van der Waals surface area (Å²) < 4.78 is 9.92. The maximum Gasteiger partial charge on any atom is 0.329 e. The van der Waals surface area contributed by atoms with Crippen molar-refractivity contribution in [3.8, 4) is 5.75 Å². The Kier molecular flexibility index (Phi) is 4.15. The van der Waals surface area contributed by atoms with Gasteiger partial charge in [0.25, 0.3) is 0 Å². The molecule has 4 nitrogen and oxygen atoms in total. The van der Waals surface area contributed by atoms with E-state index < -0.39 is 11.5 Å². The molecule has 0 aliphatic rings. The molecule has 1 aromatic rings. The van der Waals surface area contributed by atoms with Crippen molar-refractivity contribution < 1.29 is 14.3 Å². The van der Waals surface area contributed by atoms with Gasteiger partial charge in [0.15, 0.2) is 0 Å². The van der Waals surface area contributed by atoms with Crippen LogP contribution in [0.5, 0.6) is 5.75 Å². The normalized spacial score (nSPS) is 14.0. The number of halogens is 1. The number of nitrogens with two attached hydrogens (primary N) is 1.